The third-order valence-corrected chi connectivity index (χ3v) is 4.25. The molecule has 0 aromatic carbocycles. The van der Waals surface area contributed by atoms with Crippen molar-refractivity contribution in [3.05, 3.63) is 0 Å². The quantitative estimate of drug-likeness (QED) is 0.677. The molecule has 1 aliphatic carbocycles. The van der Waals surface area contributed by atoms with Crippen molar-refractivity contribution in [1.29, 1.82) is 0 Å². The number of rotatable bonds is 2. The van der Waals surface area contributed by atoms with Crippen molar-refractivity contribution in [1.82, 2.24) is 0 Å². The van der Waals surface area contributed by atoms with Crippen molar-refractivity contribution >= 4 is 5.97 Å². The number of hydrogen-bond donors (Lipinski definition) is 0. The number of hydrogen-bond acceptors (Lipinski definition) is 2. The second kappa shape index (κ2) is 4.99. The highest BCUT2D eigenvalue weighted by Crippen LogP contribution is 2.43. The van der Waals surface area contributed by atoms with Gasteiger partial charge in [0, 0.05) is 0 Å². The van der Waals surface area contributed by atoms with E-state index in [4.69, 9.17) is 4.74 Å². The molecule has 0 aromatic rings. The van der Waals surface area contributed by atoms with Crippen LogP contribution in [0.1, 0.15) is 67.2 Å². The molecular formula is C15H28O2. The van der Waals surface area contributed by atoms with Gasteiger partial charge in [-0.3, -0.25) is 4.79 Å². The van der Waals surface area contributed by atoms with Crippen LogP contribution in [0.5, 0.6) is 0 Å². The molecule has 0 aromatic heterocycles. The van der Waals surface area contributed by atoms with Crippen molar-refractivity contribution in [2.24, 2.45) is 16.7 Å². The summed E-state index contributed by atoms with van der Waals surface area (Å²) in [5.74, 6) is 0.592. The molecule has 2 heteroatoms. The molecule has 2 nitrogen and oxygen atoms in total. The Morgan fingerprint density at radius 3 is 2.41 bits per heavy atom. The van der Waals surface area contributed by atoms with Crippen molar-refractivity contribution < 1.29 is 9.53 Å². The first-order valence-electron chi connectivity index (χ1n) is 6.86. The van der Waals surface area contributed by atoms with Crippen LogP contribution in [-0.2, 0) is 9.53 Å². The number of carbonyl (C=O) groups excluding carboxylic acids is 1. The van der Waals surface area contributed by atoms with Crippen LogP contribution in [0.25, 0.3) is 0 Å². The molecule has 100 valence electrons. The average Bonchev–Trinajstić information content (AvgIpc) is 2.16. The van der Waals surface area contributed by atoms with Crippen LogP contribution in [0, 0.1) is 16.7 Å². The summed E-state index contributed by atoms with van der Waals surface area (Å²) in [6.07, 6.45) is 4.62. The van der Waals surface area contributed by atoms with Gasteiger partial charge in [0.1, 0.15) is 6.10 Å². The van der Waals surface area contributed by atoms with E-state index in [2.05, 4.69) is 20.8 Å². The smallest absolute Gasteiger partial charge is 0.311 e. The Balaban J connectivity index is 2.60. The Morgan fingerprint density at radius 1 is 1.35 bits per heavy atom. The molecule has 0 bridgehead atoms. The summed E-state index contributed by atoms with van der Waals surface area (Å²) in [5.41, 5.74) is -0.0488. The largest absolute Gasteiger partial charge is 0.462 e. The predicted octanol–water partition coefficient (Wildman–Crippen LogP) is 4.18. The third kappa shape index (κ3) is 3.72. The van der Waals surface area contributed by atoms with Gasteiger partial charge in [-0.15, -0.1) is 0 Å². The Morgan fingerprint density at radius 2 is 1.94 bits per heavy atom. The van der Waals surface area contributed by atoms with E-state index in [0.29, 0.717) is 11.3 Å². The molecule has 0 saturated heterocycles. The second-order valence-electron chi connectivity index (χ2n) is 7.18. The fourth-order valence-corrected chi connectivity index (χ4v) is 2.41. The SMILES string of the molecule is CC(C)C1(C)CCCC(OC(=O)C(C)(C)C)C1. The second-order valence-corrected chi connectivity index (χ2v) is 7.18. The zero-order valence-corrected chi connectivity index (χ0v) is 12.3. The van der Waals surface area contributed by atoms with Crippen LogP contribution in [0.4, 0.5) is 0 Å². The number of carbonyl (C=O) groups is 1. The van der Waals surface area contributed by atoms with E-state index in [9.17, 15) is 4.79 Å². The molecule has 2 unspecified atom stereocenters. The van der Waals surface area contributed by atoms with Crippen LogP contribution in [0.3, 0.4) is 0 Å². The van der Waals surface area contributed by atoms with Gasteiger partial charge in [0.2, 0.25) is 0 Å². The van der Waals surface area contributed by atoms with E-state index in [-0.39, 0.29) is 17.5 Å². The Hall–Kier alpha value is -0.530. The highest BCUT2D eigenvalue weighted by atomic mass is 16.5. The highest BCUT2D eigenvalue weighted by molar-refractivity contribution is 5.75. The van der Waals surface area contributed by atoms with Gasteiger partial charge in [-0.05, 0) is 57.8 Å². The van der Waals surface area contributed by atoms with Gasteiger partial charge in [-0.25, -0.2) is 0 Å². The summed E-state index contributed by atoms with van der Waals surface area (Å²) >= 11 is 0. The molecule has 17 heavy (non-hydrogen) atoms. The van der Waals surface area contributed by atoms with E-state index < -0.39 is 0 Å². The van der Waals surface area contributed by atoms with Gasteiger partial charge >= 0.3 is 5.97 Å². The predicted molar refractivity (Wildman–Crippen MR) is 70.7 cm³/mol. The van der Waals surface area contributed by atoms with E-state index in [0.717, 1.165) is 12.8 Å². The van der Waals surface area contributed by atoms with Gasteiger partial charge in [-0.2, -0.15) is 0 Å². The minimum atomic E-state index is -0.383. The zero-order valence-electron chi connectivity index (χ0n) is 12.3. The topological polar surface area (TPSA) is 26.3 Å². The molecular weight excluding hydrogens is 212 g/mol. The van der Waals surface area contributed by atoms with Crippen LogP contribution in [0.15, 0.2) is 0 Å². The van der Waals surface area contributed by atoms with Gasteiger partial charge in [0.15, 0.2) is 0 Å². The number of esters is 1. The van der Waals surface area contributed by atoms with Crippen molar-refractivity contribution in [2.45, 2.75) is 73.3 Å². The van der Waals surface area contributed by atoms with Crippen molar-refractivity contribution in [3.63, 3.8) is 0 Å². The first kappa shape index (κ1) is 14.5. The summed E-state index contributed by atoms with van der Waals surface area (Å²) < 4.78 is 5.66. The molecule has 1 rings (SSSR count). The molecule has 0 spiro atoms. The standard InChI is InChI=1S/C15H28O2/c1-11(2)15(6)9-7-8-12(10-15)17-13(16)14(3,4)5/h11-12H,7-10H2,1-6H3. The van der Waals surface area contributed by atoms with Crippen LogP contribution < -0.4 is 0 Å². The summed E-state index contributed by atoms with van der Waals surface area (Å²) in [6, 6.07) is 0. The Kier molecular flexibility index (Phi) is 4.27. The van der Waals surface area contributed by atoms with E-state index >= 15 is 0 Å². The Bertz CT molecular complexity index is 275. The molecule has 1 aliphatic rings. The summed E-state index contributed by atoms with van der Waals surface area (Å²) in [5, 5.41) is 0. The van der Waals surface area contributed by atoms with E-state index in [1.165, 1.54) is 12.8 Å². The molecule has 0 radical (unpaired) electrons. The summed E-state index contributed by atoms with van der Waals surface area (Å²) in [6.45, 7) is 12.6. The normalized spacial score (nSPS) is 30.4. The Labute approximate surface area is 106 Å². The monoisotopic (exact) mass is 240 g/mol. The minimum Gasteiger partial charge on any atom is -0.462 e. The lowest BCUT2D eigenvalue weighted by atomic mass is 9.67. The van der Waals surface area contributed by atoms with Gasteiger partial charge in [0.05, 0.1) is 5.41 Å². The van der Waals surface area contributed by atoms with Crippen LogP contribution >= 0.6 is 0 Å². The van der Waals surface area contributed by atoms with Gasteiger partial charge in [-0.1, -0.05) is 20.8 Å². The fraction of sp³-hybridized carbons (Fsp3) is 0.933. The maximum absolute atomic E-state index is 11.9. The molecule has 0 aliphatic heterocycles. The summed E-state index contributed by atoms with van der Waals surface area (Å²) in [7, 11) is 0. The maximum Gasteiger partial charge on any atom is 0.311 e. The van der Waals surface area contributed by atoms with Crippen LogP contribution in [0.2, 0.25) is 0 Å². The first-order chi connectivity index (χ1) is 7.65. The molecule has 0 amide bonds. The zero-order chi connectivity index (χ0) is 13.3. The highest BCUT2D eigenvalue weighted by Gasteiger charge is 2.37. The molecule has 1 saturated carbocycles. The lowest BCUT2D eigenvalue weighted by molar-refractivity contribution is -0.162. The fourth-order valence-electron chi connectivity index (χ4n) is 2.41. The molecule has 1 fully saturated rings. The minimum absolute atomic E-state index is 0.0597. The van der Waals surface area contributed by atoms with Gasteiger partial charge < -0.3 is 4.74 Å². The number of ether oxygens (including phenoxy) is 1. The van der Waals surface area contributed by atoms with E-state index in [1.807, 2.05) is 20.8 Å². The maximum atomic E-state index is 11.9. The third-order valence-electron chi connectivity index (χ3n) is 4.25. The lowest BCUT2D eigenvalue weighted by Crippen LogP contribution is -2.37. The lowest BCUT2D eigenvalue weighted by Gasteiger charge is -2.41. The summed E-state index contributed by atoms with van der Waals surface area (Å²) in [4.78, 5) is 11.9. The molecule has 0 heterocycles. The average molecular weight is 240 g/mol. The van der Waals surface area contributed by atoms with Crippen molar-refractivity contribution in [3.8, 4) is 0 Å². The first-order valence-corrected chi connectivity index (χ1v) is 6.86. The van der Waals surface area contributed by atoms with Crippen LogP contribution in [-0.4, -0.2) is 12.1 Å². The van der Waals surface area contributed by atoms with Crippen molar-refractivity contribution in [2.75, 3.05) is 0 Å². The molecule has 0 N–H and O–H groups in total. The van der Waals surface area contributed by atoms with E-state index in [1.54, 1.807) is 0 Å². The van der Waals surface area contributed by atoms with Gasteiger partial charge in [0.25, 0.3) is 0 Å². The molecule has 2 atom stereocenters.